The zero-order valence-corrected chi connectivity index (χ0v) is 20.0. The summed E-state index contributed by atoms with van der Waals surface area (Å²) in [5.41, 5.74) is 4.56. The summed E-state index contributed by atoms with van der Waals surface area (Å²) in [6.45, 7) is 1.92. The number of H-pyrrole nitrogens is 1. The number of nitrogens with one attached hydrogen (secondary N) is 1. The van der Waals surface area contributed by atoms with Crippen molar-refractivity contribution in [3.8, 4) is 6.07 Å². The molecule has 0 amide bonds. The van der Waals surface area contributed by atoms with E-state index in [0.29, 0.717) is 50.5 Å². The van der Waals surface area contributed by atoms with E-state index in [1.807, 2.05) is 53.7 Å². The van der Waals surface area contributed by atoms with Crippen LogP contribution >= 0.6 is 0 Å². The molecule has 0 unspecified atom stereocenters. The van der Waals surface area contributed by atoms with Gasteiger partial charge in [-0.25, -0.2) is 4.98 Å². The first kappa shape index (κ1) is 23.1. The number of aromatic amines is 1. The fraction of sp³-hybridized carbons (Fsp3) is 0.280. The molecular weight excluding hydrogens is 464 g/mol. The molecule has 0 bridgehead atoms. The van der Waals surface area contributed by atoms with Crippen LogP contribution in [0.3, 0.4) is 0 Å². The number of anilines is 1. The van der Waals surface area contributed by atoms with Gasteiger partial charge in [-0.1, -0.05) is 30.3 Å². The first-order chi connectivity index (χ1) is 17.0. The van der Waals surface area contributed by atoms with Crippen LogP contribution < -0.4 is 4.90 Å². The minimum absolute atomic E-state index is 0.125. The van der Waals surface area contributed by atoms with Crippen molar-refractivity contribution in [3.05, 3.63) is 95.3 Å². The molecule has 10 heteroatoms. The fourth-order valence-electron chi connectivity index (χ4n) is 4.40. The maximum absolute atomic E-state index is 13.9. The number of morpholine rings is 1. The Bertz CT molecular complexity index is 1340. The van der Waals surface area contributed by atoms with E-state index in [1.165, 1.54) is 8.61 Å². The molecule has 1 aromatic heterocycles. The first-order valence-corrected chi connectivity index (χ1v) is 12.8. The van der Waals surface area contributed by atoms with Gasteiger partial charge < -0.3 is 14.6 Å². The third kappa shape index (κ3) is 4.93. The first-order valence-electron chi connectivity index (χ1n) is 11.4. The van der Waals surface area contributed by atoms with Crippen LogP contribution in [-0.4, -0.2) is 53.3 Å². The monoisotopic (exact) mass is 490 g/mol. The number of fused-ring (bicyclic) bond motifs is 1. The van der Waals surface area contributed by atoms with Crippen LogP contribution in [0.4, 0.5) is 5.69 Å². The van der Waals surface area contributed by atoms with Crippen LogP contribution in [0.5, 0.6) is 0 Å². The van der Waals surface area contributed by atoms with E-state index in [-0.39, 0.29) is 6.54 Å². The predicted molar refractivity (Wildman–Crippen MR) is 131 cm³/mol. The lowest BCUT2D eigenvalue weighted by molar-refractivity contribution is 0.0706. The van der Waals surface area contributed by atoms with E-state index in [1.54, 1.807) is 18.5 Å². The van der Waals surface area contributed by atoms with Crippen LogP contribution in [0.15, 0.2) is 73.0 Å². The summed E-state index contributed by atoms with van der Waals surface area (Å²) < 4.78 is 36.2. The quantitative estimate of drug-likeness (QED) is 0.570. The van der Waals surface area contributed by atoms with Crippen molar-refractivity contribution in [2.45, 2.75) is 19.5 Å². The van der Waals surface area contributed by atoms with Crippen molar-refractivity contribution in [1.82, 2.24) is 18.6 Å². The lowest BCUT2D eigenvalue weighted by Crippen LogP contribution is -2.48. The number of rotatable bonds is 6. The Hall–Kier alpha value is -3.65. The Morgan fingerprint density at radius 1 is 1.11 bits per heavy atom. The van der Waals surface area contributed by atoms with E-state index in [4.69, 9.17) is 4.74 Å². The van der Waals surface area contributed by atoms with Crippen LogP contribution in [0, 0.1) is 11.3 Å². The summed E-state index contributed by atoms with van der Waals surface area (Å²) >= 11 is 0. The van der Waals surface area contributed by atoms with Gasteiger partial charge in [-0.05, 0) is 29.3 Å². The summed E-state index contributed by atoms with van der Waals surface area (Å²) in [5.74, 6) is 0. The number of ether oxygens (including phenoxy) is 1. The third-order valence-electron chi connectivity index (χ3n) is 6.15. The molecule has 0 spiro atoms. The fourth-order valence-corrected chi connectivity index (χ4v) is 6.00. The number of allylic oxidation sites excluding steroid dienone is 1. The average molecular weight is 491 g/mol. The Labute approximate surface area is 205 Å². The van der Waals surface area contributed by atoms with Gasteiger partial charge >= 0.3 is 10.2 Å². The topological polar surface area (TPSA) is 106 Å². The molecule has 0 radical (unpaired) electrons. The number of imidazole rings is 1. The van der Waals surface area contributed by atoms with Crippen molar-refractivity contribution in [2.24, 2.45) is 0 Å². The number of hydrogen-bond acceptors (Lipinski definition) is 6. The van der Waals surface area contributed by atoms with Gasteiger partial charge in [0.05, 0.1) is 55.7 Å². The lowest BCUT2D eigenvalue weighted by Gasteiger charge is -2.34. The highest BCUT2D eigenvalue weighted by molar-refractivity contribution is 7.86. The molecule has 3 aromatic rings. The molecule has 1 saturated heterocycles. The molecule has 2 aliphatic heterocycles. The highest BCUT2D eigenvalue weighted by Gasteiger charge is 2.35. The normalized spacial score (nSPS) is 16.8. The van der Waals surface area contributed by atoms with Gasteiger partial charge in [0, 0.05) is 37.6 Å². The zero-order chi connectivity index (χ0) is 24.3. The Morgan fingerprint density at radius 3 is 2.63 bits per heavy atom. The van der Waals surface area contributed by atoms with Crippen molar-refractivity contribution in [1.29, 1.82) is 5.26 Å². The highest BCUT2D eigenvalue weighted by Crippen LogP contribution is 2.34. The molecule has 1 N–H and O–H groups in total. The second-order valence-corrected chi connectivity index (χ2v) is 10.3. The van der Waals surface area contributed by atoms with Gasteiger partial charge in [0.1, 0.15) is 0 Å². The van der Waals surface area contributed by atoms with Gasteiger partial charge in [0.2, 0.25) is 0 Å². The largest absolute Gasteiger partial charge is 0.379 e. The smallest absolute Gasteiger partial charge is 0.304 e. The third-order valence-corrected chi connectivity index (χ3v) is 8.09. The molecule has 3 heterocycles. The molecule has 1 fully saturated rings. The molecule has 0 saturated carbocycles. The molecule has 35 heavy (non-hydrogen) atoms. The highest BCUT2D eigenvalue weighted by atomic mass is 32.2. The summed E-state index contributed by atoms with van der Waals surface area (Å²) in [6, 6.07) is 17.4. The van der Waals surface area contributed by atoms with Crippen LogP contribution in [0.1, 0.15) is 22.4 Å². The number of hydrogen-bond donors (Lipinski definition) is 1. The predicted octanol–water partition coefficient (Wildman–Crippen LogP) is 2.76. The van der Waals surface area contributed by atoms with Gasteiger partial charge in [0.25, 0.3) is 0 Å². The van der Waals surface area contributed by atoms with Crippen LogP contribution in [0.25, 0.3) is 0 Å². The van der Waals surface area contributed by atoms with E-state index in [9.17, 15) is 13.7 Å². The Kier molecular flexibility index (Phi) is 6.55. The van der Waals surface area contributed by atoms with Gasteiger partial charge in [0.15, 0.2) is 0 Å². The van der Waals surface area contributed by atoms with Crippen LogP contribution in [0.2, 0.25) is 0 Å². The number of nitrogens with zero attached hydrogens (tertiary/aromatic N) is 5. The van der Waals surface area contributed by atoms with Crippen molar-refractivity contribution in [2.75, 3.05) is 31.2 Å². The molecule has 0 aliphatic carbocycles. The van der Waals surface area contributed by atoms with E-state index in [0.717, 1.165) is 22.5 Å². The second-order valence-electron chi connectivity index (χ2n) is 8.45. The summed E-state index contributed by atoms with van der Waals surface area (Å²) in [5, 5.41) is 9.51. The average Bonchev–Trinajstić information content (AvgIpc) is 3.35. The molecule has 5 rings (SSSR count). The Morgan fingerprint density at radius 2 is 1.91 bits per heavy atom. The minimum atomic E-state index is -3.84. The number of nitriles is 1. The number of benzene rings is 2. The van der Waals surface area contributed by atoms with Crippen molar-refractivity contribution >= 4 is 15.9 Å². The summed E-state index contributed by atoms with van der Waals surface area (Å²) in [6.07, 6.45) is 5.77. The molecule has 2 aliphatic rings. The maximum Gasteiger partial charge on any atom is 0.304 e. The van der Waals surface area contributed by atoms with Gasteiger partial charge in [-0.15, -0.1) is 0 Å². The summed E-state index contributed by atoms with van der Waals surface area (Å²) in [7, 11) is -3.84. The molecule has 0 atom stereocenters. The standard InChI is InChI=1S/C25H26N6O3S/c26-14-21-6-7-25-22(12-21)16-31(35(32,33)30-8-10-34-11-9-30)24(13-20-4-2-1-3-5-20)18-29(25)17-23-15-27-19-28-23/h1-7,12,15,18-19H,8-11,13,16-17H2,(H,27,28). The SMILES string of the molecule is N#Cc1ccc2c(c1)CN(S(=O)(=O)N1CCOCC1)C(Cc1ccccc1)=CN2Cc1c[nH]cn1. The van der Waals surface area contributed by atoms with Gasteiger partial charge in [-0.2, -0.15) is 18.0 Å². The molecule has 9 nitrogen and oxygen atoms in total. The lowest BCUT2D eigenvalue weighted by atomic mass is 10.1. The van der Waals surface area contributed by atoms with E-state index >= 15 is 0 Å². The molecular formula is C25H26N6O3S. The van der Waals surface area contributed by atoms with Crippen molar-refractivity contribution in [3.63, 3.8) is 0 Å². The molecule has 2 aromatic carbocycles. The van der Waals surface area contributed by atoms with Crippen molar-refractivity contribution < 1.29 is 13.2 Å². The van der Waals surface area contributed by atoms with E-state index < -0.39 is 10.2 Å². The molecule has 180 valence electrons. The van der Waals surface area contributed by atoms with Gasteiger partial charge in [-0.3, -0.25) is 4.31 Å². The zero-order valence-electron chi connectivity index (χ0n) is 19.2. The van der Waals surface area contributed by atoms with E-state index in [2.05, 4.69) is 16.0 Å². The maximum atomic E-state index is 13.9. The second kappa shape index (κ2) is 9.92. The summed E-state index contributed by atoms with van der Waals surface area (Å²) in [4.78, 5) is 9.36. The van der Waals surface area contributed by atoms with Crippen LogP contribution in [-0.2, 0) is 34.5 Å². The minimum Gasteiger partial charge on any atom is -0.379 e. The number of aromatic nitrogens is 2. The Balaban J connectivity index is 1.63.